The lowest BCUT2D eigenvalue weighted by Gasteiger charge is -2.21. The summed E-state index contributed by atoms with van der Waals surface area (Å²) in [5.74, 6) is 3.30. The van der Waals surface area contributed by atoms with E-state index < -0.39 is 0 Å². The van der Waals surface area contributed by atoms with E-state index >= 15 is 0 Å². The van der Waals surface area contributed by atoms with Gasteiger partial charge in [0.15, 0.2) is 6.61 Å². The summed E-state index contributed by atoms with van der Waals surface area (Å²) in [5.41, 5.74) is 1.34. The Morgan fingerprint density at radius 1 is 1.27 bits per heavy atom. The van der Waals surface area contributed by atoms with Crippen molar-refractivity contribution in [2.24, 2.45) is 0 Å². The van der Waals surface area contributed by atoms with Gasteiger partial charge in [0.25, 0.3) is 5.91 Å². The van der Waals surface area contributed by atoms with Crippen LogP contribution < -0.4 is 4.74 Å². The minimum Gasteiger partial charge on any atom is -0.484 e. The predicted octanol–water partition coefficient (Wildman–Crippen LogP) is 4.19. The average Bonchev–Trinajstić information content (AvgIpc) is 2.58. The zero-order valence-electron chi connectivity index (χ0n) is 13.4. The summed E-state index contributed by atoms with van der Waals surface area (Å²) < 4.78 is 6.15. The fourth-order valence-electron chi connectivity index (χ4n) is 2.18. The maximum absolute atomic E-state index is 11.9. The summed E-state index contributed by atoms with van der Waals surface area (Å²) in [6.45, 7) is 3.04. The molecule has 1 aromatic carbocycles. The molecule has 122 valence electrons. The minimum atomic E-state index is 0.0379. The largest absolute Gasteiger partial charge is 0.484 e. The Bertz CT molecular complexity index is 458. The highest BCUT2D eigenvalue weighted by molar-refractivity contribution is 8.16. The van der Waals surface area contributed by atoms with E-state index in [4.69, 9.17) is 4.74 Å². The molecule has 22 heavy (non-hydrogen) atoms. The molecule has 0 bridgehead atoms. The summed E-state index contributed by atoms with van der Waals surface area (Å²) in [4.78, 5) is 13.7. The Labute approximate surface area is 142 Å². The summed E-state index contributed by atoms with van der Waals surface area (Å²) in [5, 5.41) is 0. The SMILES string of the molecule is CCCCN(C)C(=O)COc1ccc(C2SCCCS2)cc1. The molecule has 0 spiro atoms. The molecule has 0 aliphatic carbocycles. The normalized spacial score (nSPS) is 15.5. The van der Waals surface area contributed by atoms with Crippen molar-refractivity contribution < 1.29 is 9.53 Å². The first-order chi connectivity index (χ1) is 10.7. The summed E-state index contributed by atoms with van der Waals surface area (Å²) >= 11 is 4.03. The molecular weight excluding hydrogens is 314 g/mol. The second-order valence-corrected chi connectivity index (χ2v) is 8.18. The molecule has 1 heterocycles. The summed E-state index contributed by atoms with van der Waals surface area (Å²) in [6, 6.07) is 8.20. The van der Waals surface area contributed by atoms with Crippen molar-refractivity contribution in [1.82, 2.24) is 4.90 Å². The van der Waals surface area contributed by atoms with Crippen LogP contribution in [-0.2, 0) is 4.79 Å². The van der Waals surface area contributed by atoms with Crippen molar-refractivity contribution >= 4 is 29.4 Å². The van der Waals surface area contributed by atoms with Crippen molar-refractivity contribution in [3.05, 3.63) is 29.8 Å². The Morgan fingerprint density at radius 2 is 1.95 bits per heavy atom. The molecule has 5 heteroatoms. The number of likely N-dealkylation sites (N-methyl/N-ethyl adjacent to an activating group) is 1. The Kier molecular flexibility index (Phi) is 7.46. The van der Waals surface area contributed by atoms with Gasteiger partial charge in [0.1, 0.15) is 5.75 Å². The fourth-order valence-corrected chi connectivity index (χ4v) is 5.07. The maximum Gasteiger partial charge on any atom is 0.260 e. The van der Waals surface area contributed by atoms with Crippen LogP contribution in [0.1, 0.15) is 36.3 Å². The number of benzene rings is 1. The van der Waals surface area contributed by atoms with Gasteiger partial charge >= 0.3 is 0 Å². The third-order valence-electron chi connectivity index (χ3n) is 3.61. The van der Waals surface area contributed by atoms with Crippen LogP contribution in [0.5, 0.6) is 5.75 Å². The number of hydrogen-bond donors (Lipinski definition) is 0. The van der Waals surface area contributed by atoms with Gasteiger partial charge in [-0.3, -0.25) is 4.79 Å². The molecule has 3 nitrogen and oxygen atoms in total. The molecule has 2 rings (SSSR count). The third kappa shape index (κ3) is 5.43. The van der Waals surface area contributed by atoms with Crippen LogP contribution in [0.2, 0.25) is 0 Å². The van der Waals surface area contributed by atoms with Gasteiger partial charge in [-0.25, -0.2) is 0 Å². The van der Waals surface area contributed by atoms with Gasteiger partial charge in [-0.2, -0.15) is 0 Å². The van der Waals surface area contributed by atoms with Crippen LogP contribution in [0.4, 0.5) is 0 Å². The molecule has 1 aliphatic rings. The van der Waals surface area contributed by atoms with Crippen LogP contribution in [0, 0.1) is 0 Å². The van der Waals surface area contributed by atoms with E-state index in [0.717, 1.165) is 25.1 Å². The van der Waals surface area contributed by atoms with E-state index in [2.05, 4.69) is 19.1 Å². The molecule has 1 aromatic rings. The first-order valence-electron chi connectivity index (χ1n) is 7.90. The van der Waals surface area contributed by atoms with Gasteiger partial charge in [-0.05, 0) is 42.0 Å². The topological polar surface area (TPSA) is 29.5 Å². The molecule has 0 N–H and O–H groups in total. The number of hydrogen-bond acceptors (Lipinski definition) is 4. The molecule has 1 saturated heterocycles. The van der Waals surface area contributed by atoms with Crippen LogP contribution in [0.25, 0.3) is 0 Å². The third-order valence-corrected chi connectivity index (χ3v) is 6.63. The fraction of sp³-hybridized carbons (Fsp3) is 0.588. The van der Waals surface area contributed by atoms with E-state index in [9.17, 15) is 4.79 Å². The maximum atomic E-state index is 11.9. The van der Waals surface area contributed by atoms with Gasteiger partial charge < -0.3 is 9.64 Å². The number of amides is 1. The van der Waals surface area contributed by atoms with Crippen LogP contribution in [0.3, 0.4) is 0 Å². The lowest BCUT2D eigenvalue weighted by molar-refractivity contribution is -0.132. The van der Waals surface area contributed by atoms with Crippen molar-refractivity contribution in [2.45, 2.75) is 30.8 Å². The average molecular weight is 340 g/mol. The summed E-state index contributed by atoms with van der Waals surface area (Å²) in [7, 11) is 1.84. The van der Waals surface area contributed by atoms with Crippen LogP contribution >= 0.6 is 23.5 Å². The molecule has 1 fully saturated rings. The monoisotopic (exact) mass is 339 g/mol. The molecule has 1 amide bonds. The second-order valence-electron chi connectivity index (χ2n) is 5.45. The van der Waals surface area contributed by atoms with E-state index in [-0.39, 0.29) is 12.5 Å². The van der Waals surface area contributed by atoms with Gasteiger partial charge in [0, 0.05) is 13.6 Å². The quantitative estimate of drug-likeness (QED) is 0.745. The molecule has 0 atom stereocenters. The van der Waals surface area contributed by atoms with E-state index in [1.54, 1.807) is 4.90 Å². The highest BCUT2D eigenvalue weighted by Crippen LogP contribution is 2.43. The van der Waals surface area contributed by atoms with Crippen molar-refractivity contribution in [3.63, 3.8) is 0 Å². The number of unbranched alkanes of at least 4 members (excludes halogenated alkanes) is 1. The van der Waals surface area contributed by atoms with E-state index in [0.29, 0.717) is 4.58 Å². The predicted molar refractivity (Wildman–Crippen MR) is 96.8 cm³/mol. The number of ether oxygens (including phenoxy) is 1. The molecular formula is C17H25NO2S2. The number of thioether (sulfide) groups is 2. The molecule has 0 radical (unpaired) electrons. The number of carbonyl (C=O) groups is 1. The highest BCUT2D eigenvalue weighted by atomic mass is 32.2. The molecule has 0 aromatic heterocycles. The lowest BCUT2D eigenvalue weighted by atomic mass is 10.2. The number of carbonyl (C=O) groups excluding carboxylic acids is 1. The van der Waals surface area contributed by atoms with Crippen molar-refractivity contribution in [3.8, 4) is 5.75 Å². The zero-order chi connectivity index (χ0) is 15.8. The van der Waals surface area contributed by atoms with Crippen LogP contribution in [-0.4, -0.2) is 42.5 Å². The Balaban J connectivity index is 1.79. The van der Waals surface area contributed by atoms with Gasteiger partial charge in [0.2, 0.25) is 0 Å². The summed E-state index contributed by atoms with van der Waals surface area (Å²) in [6.07, 6.45) is 3.44. The zero-order valence-corrected chi connectivity index (χ0v) is 15.0. The smallest absolute Gasteiger partial charge is 0.260 e. The molecule has 0 saturated carbocycles. The standard InChI is InChI=1S/C17H25NO2S2/c1-3-4-10-18(2)16(19)13-20-15-8-6-14(7-9-15)17-21-11-5-12-22-17/h6-9,17H,3-5,10-13H2,1-2H3. The first kappa shape index (κ1) is 17.5. The Hall–Kier alpha value is -0.810. The highest BCUT2D eigenvalue weighted by Gasteiger charge is 2.16. The van der Waals surface area contributed by atoms with Gasteiger partial charge in [0.05, 0.1) is 4.58 Å². The van der Waals surface area contributed by atoms with E-state index in [1.807, 2.05) is 42.7 Å². The van der Waals surface area contributed by atoms with Gasteiger partial charge in [-0.1, -0.05) is 25.5 Å². The van der Waals surface area contributed by atoms with Crippen molar-refractivity contribution in [1.29, 1.82) is 0 Å². The first-order valence-corrected chi connectivity index (χ1v) is 10.0. The minimum absolute atomic E-state index is 0.0379. The van der Waals surface area contributed by atoms with Crippen molar-refractivity contribution in [2.75, 3.05) is 31.7 Å². The molecule has 1 aliphatic heterocycles. The molecule has 0 unspecified atom stereocenters. The lowest BCUT2D eigenvalue weighted by Crippen LogP contribution is -2.32. The van der Waals surface area contributed by atoms with Gasteiger partial charge in [-0.15, -0.1) is 23.5 Å². The Morgan fingerprint density at radius 3 is 2.59 bits per heavy atom. The second kappa shape index (κ2) is 9.36. The van der Waals surface area contributed by atoms with E-state index in [1.165, 1.54) is 23.5 Å². The van der Waals surface area contributed by atoms with Crippen LogP contribution in [0.15, 0.2) is 24.3 Å². The number of rotatable bonds is 7. The number of nitrogens with zero attached hydrogens (tertiary/aromatic N) is 1.